The van der Waals surface area contributed by atoms with Crippen LogP contribution in [0.1, 0.15) is 30.9 Å². The van der Waals surface area contributed by atoms with Gasteiger partial charge in [0, 0.05) is 18.5 Å². The fraction of sp³-hybridized carbons (Fsp3) is 0.250. The van der Waals surface area contributed by atoms with Crippen LogP contribution in [0.25, 0.3) is 6.08 Å². The average Bonchev–Trinajstić information content (AvgIpc) is 3.05. The molecule has 0 radical (unpaired) electrons. The van der Waals surface area contributed by atoms with Crippen LogP contribution >= 0.6 is 0 Å². The van der Waals surface area contributed by atoms with Crippen LogP contribution in [0.15, 0.2) is 54.6 Å². The molecule has 2 aliphatic rings. The number of nitrogens with zero attached hydrogens (tertiary/aromatic N) is 3. The maximum Gasteiger partial charge on any atom is 0.308 e. The number of carbonyl (C=O) groups excluding carboxylic acids is 2. The number of ketones is 1. The number of nitriles is 2. The predicted octanol–water partition coefficient (Wildman–Crippen LogP) is 3.60. The summed E-state index contributed by atoms with van der Waals surface area (Å²) in [6, 6.07) is 17.6. The Balaban J connectivity index is 1.90. The van der Waals surface area contributed by atoms with E-state index in [9.17, 15) is 20.1 Å². The summed E-state index contributed by atoms with van der Waals surface area (Å²) in [6.07, 6.45) is 3.75. The summed E-state index contributed by atoms with van der Waals surface area (Å²) in [5, 5.41) is 20.4. The van der Waals surface area contributed by atoms with Crippen LogP contribution in [0.2, 0.25) is 0 Å². The van der Waals surface area contributed by atoms with Gasteiger partial charge in [-0.05, 0) is 36.2 Å². The van der Waals surface area contributed by atoms with Crippen LogP contribution in [0.5, 0.6) is 5.75 Å². The van der Waals surface area contributed by atoms with Gasteiger partial charge >= 0.3 is 5.97 Å². The van der Waals surface area contributed by atoms with Gasteiger partial charge in [-0.1, -0.05) is 42.5 Å². The van der Waals surface area contributed by atoms with E-state index in [1.54, 1.807) is 24.3 Å². The zero-order valence-electron chi connectivity index (χ0n) is 16.6. The van der Waals surface area contributed by atoms with Gasteiger partial charge in [0.15, 0.2) is 11.2 Å². The lowest BCUT2D eigenvalue weighted by atomic mass is 9.69. The molecule has 2 heterocycles. The van der Waals surface area contributed by atoms with Gasteiger partial charge in [-0.3, -0.25) is 9.59 Å². The smallest absolute Gasteiger partial charge is 0.308 e. The molecule has 6 nitrogen and oxygen atoms in total. The van der Waals surface area contributed by atoms with Crippen molar-refractivity contribution < 1.29 is 14.3 Å². The lowest BCUT2D eigenvalue weighted by Crippen LogP contribution is -2.43. The number of esters is 1. The maximum absolute atomic E-state index is 12.9. The molecular formula is C24H19N3O3. The molecule has 0 N–H and O–H groups in total. The molecule has 4 rings (SSSR count). The Kier molecular flexibility index (Phi) is 4.64. The second kappa shape index (κ2) is 7.17. The maximum atomic E-state index is 12.9. The molecule has 0 bridgehead atoms. The summed E-state index contributed by atoms with van der Waals surface area (Å²) in [6.45, 7) is 2.81. The third kappa shape index (κ3) is 2.77. The van der Waals surface area contributed by atoms with E-state index in [-0.39, 0.29) is 5.78 Å². The predicted molar refractivity (Wildman–Crippen MR) is 110 cm³/mol. The Morgan fingerprint density at radius 3 is 2.30 bits per heavy atom. The van der Waals surface area contributed by atoms with Crippen LogP contribution in [0.3, 0.4) is 0 Å². The first-order valence-corrected chi connectivity index (χ1v) is 9.60. The quantitative estimate of drug-likeness (QED) is 0.580. The minimum absolute atomic E-state index is 0.119. The van der Waals surface area contributed by atoms with Crippen LogP contribution in [0, 0.1) is 28.1 Å². The van der Waals surface area contributed by atoms with Crippen molar-refractivity contribution in [2.75, 3.05) is 4.90 Å². The number of anilines is 1. The molecule has 0 unspecified atom stereocenters. The summed E-state index contributed by atoms with van der Waals surface area (Å²) < 4.78 is 5.09. The van der Waals surface area contributed by atoms with E-state index in [0.717, 1.165) is 11.3 Å². The van der Waals surface area contributed by atoms with Crippen LogP contribution in [-0.2, 0) is 9.59 Å². The van der Waals surface area contributed by atoms with Crippen molar-refractivity contribution in [2.24, 2.45) is 5.41 Å². The van der Waals surface area contributed by atoms with Crippen molar-refractivity contribution >= 4 is 23.5 Å². The number of para-hydroxylation sites is 1. The lowest BCUT2D eigenvalue weighted by Gasteiger charge is -2.35. The van der Waals surface area contributed by atoms with Crippen molar-refractivity contribution in [1.29, 1.82) is 10.5 Å². The highest BCUT2D eigenvalue weighted by molar-refractivity contribution is 5.91. The second-order valence-corrected chi connectivity index (χ2v) is 7.56. The van der Waals surface area contributed by atoms with E-state index < -0.39 is 29.4 Å². The summed E-state index contributed by atoms with van der Waals surface area (Å²) in [7, 11) is 0. The Morgan fingerprint density at radius 2 is 1.70 bits per heavy atom. The molecule has 6 heteroatoms. The molecule has 2 aromatic carbocycles. The molecule has 1 fully saturated rings. The SMILES string of the molecule is CC(=O)Oc1ccc([C@@H]2[C@H](C(C)=O)N3c4ccccc4C=C[C@@H]3C2(C#N)C#N)cc1. The monoisotopic (exact) mass is 397 g/mol. The highest BCUT2D eigenvalue weighted by Crippen LogP contribution is 2.55. The van der Waals surface area contributed by atoms with E-state index in [2.05, 4.69) is 12.1 Å². The van der Waals surface area contributed by atoms with E-state index >= 15 is 0 Å². The van der Waals surface area contributed by atoms with E-state index in [0.29, 0.717) is 11.3 Å². The first kappa shape index (κ1) is 19.4. The van der Waals surface area contributed by atoms with Gasteiger partial charge in [0.05, 0.1) is 24.2 Å². The number of benzene rings is 2. The Bertz CT molecular complexity index is 1120. The first-order valence-electron chi connectivity index (χ1n) is 9.60. The molecule has 0 aliphatic carbocycles. The molecule has 0 aromatic heterocycles. The fourth-order valence-electron chi connectivity index (χ4n) is 4.67. The summed E-state index contributed by atoms with van der Waals surface area (Å²) >= 11 is 0. The summed E-state index contributed by atoms with van der Waals surface area (Å²) in [5.74, 6) is -0.859. The Labute approximate surface area is 174 Å². The van der Waals surface area contributed by atoms with Gasteiger partial charge < -0.3 is 9.64 Å². The van der Waals surface area contributed by atoms with Crippen molar-refractivity contribution in [1.82, 2.24) is 0 Å². The average molecular weight is 397 g/mol. The minimum atomic E-state index is -1.46. The molecule has 0 amide bonds. The molecule has 1 saturated heterocycles. The lowest BCUT2D eigenvalue weighted by molar-refractivity contribution is -0.131. The number of hydrogen-bond acceptors (Lipinski definition) is 6. The molecule has 3 atom stereocenters. The zero-order chi connectivity index (χ0) is 21.5. The van der Waals surface area contributed by atoms with Crippen molar-refractivity contribution in [2.45, 2.75) is 31.8 Å². The van der Waals surface area contributed by atoms with E-state index in [1.807, 2.05) is 41.3 Å². The Morgan fingerprint density at radius 1 is 1.03 bits per heavy atom. The van der Waals surface area contributed by atoms with Gasteiger partial charge in [0.2, 0.25) is 0 Å². The second-order valence-electron chi connectivity index (χ2n) is 7.56. The number of Topliss-reactive ketones (excluding diaryl/α,β-unsaturated/α-hetero) is 1. The van der Waals surface area contributed by atoms with Crippen LogP contribution in [-0.4, -0.2) is 23.8 Å². The van der Waals surface area contributed by atoms with Gasteiger partial charge in [-0.25, -0.2) is 0 Å². The molecule has 0 saturated carbocycles. The summed E-state index contributed by atoms with van der Waals surface area (Å²) in [5.41, 5.74) is 0.993. The van der Waals surface area contributed by atoms with Crippen LogP contribution in [0.4, 0.5) is 5.69 Å². The number of ether oxygens (including phenoxy) is 1. The topological polar surface area (TPSA) is 94.2 Å². The zero-order valence-corrected chi connectivity index (χ0v) is 16.6. The van der Waals surface area contributed by atoms with Crippen molar-refractivity contribution in [3.05, 3.63) is 65.7 Å². The van der Waals surface area contributed by atoms with Gasteiger partial charge in [-0.2, -0.15) is 10.5 Å². The third-order valence-corrected chi connectivity index (χ3v) is 5.83. The van der Waals surface area contributed by atoms with Crippen molar-refractivity contribution in [3.8, 4) is 17.9 Å². The van der Waals surface area contributed by atoms with E-state index in [1.165, 1.54) is 13.8 Å². The summed E-state index contributed by atoms with van der Waals surface area (Å²) in [4.78, 5) is 26.0. The highest BCUT2D eigenvalue weighted by atomic mass is 16.5. The number of rotatable bonds is 3. The van der Waals surface area contributed by atoms with Crippen molar-refractivity contribution in [3.63, 3.8) is 0 Å². The number of hydrogen-bond donors (Lipinski definition) is 0. The van der Waals surface area contributed by atoms with Gasteiger partial charge in [-0.15, -0.1) is 0 Å². The largest absolute Gasteiger partial charge is 0.427 e. The Hall–Kier alpha value is -3.90. The fourth-order valence-corrected chi connectivity index (χ4v) is 4.67. The van der Waals surface area contributed by atoms with E-state index in [4.69, 9.17) is 4.74 Å². The van der Waals surface area contributed by atoms with Gasteiger partial charge in [0.25, 0.3) is 0 Å². The number of carbonyl (C=O) groups is 2. The molecule has 2 aromatic rings. The molecule has 30 heavy (non-hydrogen) atoms. The molecule has 0 spiro atoms. The van der Waals surface area contributed by atoms with Gasteiger partial charge in [0.1, 0.15) is 5.75 Å². The standard InChI is InChI=1S/C24H19N3O3/c1-15(28)23-22(18-7-10-19(11-8-18)30-16(2)29)24(13-25,14-26)21-12-9-17-5-3-4-6-20(17)27(21)23/h3-12,21-23H,1-2H3/t21-,22-,23+/m1/s1. The molecule has 148 valence electrons. The first-order chi connectivity index (χ1) is 14.4. The van der Waals surface area contributed by atoms with Crippen LogP contribution < -0.4 is 9.64 Å². The molecular weight excluding hydrogens is 378 g/mol. The third-order valence-electron chi connectivity index (χ3n) is 5.83. The highest BCUT2D eigenvalue weighted by Gasteiger charge is 2.62. The molecule has 2 aliphatic heterocycles. The number of fused-ring (bicyclic) bond motifs is 3. The minimum Gasteiger partial charge on any atom is -0.427 e. The normalized spacial score (nSPS) is 22.9.